The maximum Gasteiger partial charge on any atom is 0.352 e. The molecule has 19 heavy (non-hydrogen) atoms. The fourth-order valence-electron chi connectivity index (χ4n) is 1.24. The lowest BCUT2D eigenvalue weighted by Crippen LogP contribution is -2.27. The molecule has 0 aliphatic carbocycles. The third-order valence-electron chi connectivity index (χ3n) is 2.06. The second-order valence-electron chi connectivity index (χ2n) is 3.91. The van der Waals surface area contributed by atoms with Crippen molar-refractivity contribution in [1.82, 2.24) is 0 Å². The Bertz CT molecular complexity index is 395. The quantitative estimate of drug-likeness (QED) is 0.401. The van der Waals surface area contributed by atoms with E-state index in [1.807, 2.05) is 30.3 Å². The molecule has 3 N–H and O–H groups in total. The average Bonchev–Trinajstić information content (AvgIpc) is 2.36. The number of nitrogens with two attached hydrogens (primary N) is 1. The smallest absolute Gasteiger partial charge is 0.352 e. The van der Waals surface area contributed by atoms with Crippen molar-refractivity contribution in [3.63, 3.8) is 0 Å². The zero-order valence-electron chi connectivity index (χ0n) is 10.6. The van der Waals surface area contributed by atoms with Crippen LogP contribution in [0.15, 0.2) is 30.3 Å². The zero-order valence-corrected chi connectivity index (χ0v) is 11.5. The van der Waals surface area contributed by atoms with Gasteiger partial charge in [0, 0.05) is 6.66 Å². The lowest BCUT2D eigenvalue weighted by atomic mass is 10.2. The van der Waals surface area contributed by atoms with Gasteiger partial charge in [0.25, 0.3) is 0 Å². The van der Waals surface area contributed by atoms with E-state index in [2.05, 4.69) is 14.4 Å². The fourth-order valence-corrected chi connectivity index (χ4v) is 1.50. The standard InChI is InChI=1S/C11H18NO6P/c1-19(13,14)18-17-9-11(8-16-12)15-7-10-5-3-2-4-6-10/h2-6,11H,7-9,12H2,1H3,(H,13,14). The molecule has 7 nitrogen and oxygen atoms in total. The Morgan fingerprint density at radius 3 is 2.58 bits per heavy atom. The zero-order chi connectivity index (χ0) is 14.1. The second-order valence-corrected chi connectivity index (χ2v) is 5.67. The molecule has 0 heterocycles. The van der Waals surface area contributed by atoms with Gasteiger partial charge < -0.3 is 14.5 Å². The molecule has 0 aliphatic heterocycles. The van der Waals surface area contributed by atoms with Crippen LogP contribution in [-0.2, 0) is 30.3 Å². The Kier molecular flexibility index (Phi) is 7.19. The predicted octanol–water partition coefficient (Wildman–Crippen LogP) is 1.23. The maximum atomic E-state index is 10.8. The minimum atomic E-state index is -3.67. The first-order chi connectivity index (χ1) is 9.01. The molecule has 1 aromatic carbocycles. The summed E-state index contributed by atoms with van der Waals surface area (Å²) in [5, 5.41) is 0. The van der Waals surface area contributed by atoms with Gasteiger partial charge in [-0.25, -0.2) is 10.8 Å². The number of hydrogen-bond acceptors (Lipinski definition) is 6. The molecule has 2 atom stereocenters. The summed E-state index contributed by atoms with van der Waals surface area (Å²) in [6.45, 7) is 1.38. The van der Waals surface area contributed by atoms with Crippen molar-refractivity contribution in [2.24, 2.45) is 5.90 Å². The molecule has 0 aromatic heterocycles. The van der Waals surface area contributed by atoms with Crippen LogP contribution in [0.3, 0.4) is 0 Å². The Morgan fingerprint density at radius 2 is 2.00 bits per heavy atom. The first kappa shape index (κ1) is 16.3. The molecule has 0 amide bonds. The molecule has 0 aliphatic rings. The summed E-state index contributed by atoms with van der Waals surface area (Å²) in [5.41, 5.74) is 0.980. The van der Waals surface area contributed by atoms with Gasteiger partial charge in [-0.05, 0) is 5.56 Å². The lowest BCUT2D eigenvalue weighted by molar-refractivity contribution is -0.238. The van der Waals surface area contributed by atoms with E-state index in [4.69, 9.17) is 15.5 Å². The van der Waals surface area contributed by atoms with Crippen molar-refractivity contribution >= 4 is 7.60 Å². The number of benzene rings is 1. The van der Waals surface area contributed by atoms with Crippen LogP contribution in [0.4, 0.5) is 0 Å². The summed E-state index contributed by atoms with van der Waals surface area (Å²) >= 11 is 0. The molecule has 0 saturated carbocycles. The first-order valence-electron chi connectivity index (χ1n) is 5.60. The van der Waals surface area contributed by atoms with Crippen LogP contribution in [0.25, 0.3) is 0 Å². The summed E-state index contributed by atoms with van der Waals surface area (Å²) in [5.74, 6) is 4.98. The van der Waals surface area contributed by atoms with Gasteiger partial charge in [-0.3, -0.25) is 4.57 Å². The van der Waals surface area contributed by atoms with Crippen LogP contribution in [0.2, 0.25) is 0 Å². The molecule has 8 heteroatoms. The number of hydrogen-bond donors (Lipinski definition) is 2. The van der Waals surface area contributed by atoms with E-state index in [0.29, 0.717) is 6.61 Å². The van der Waals surface area contributed by atoms with E-state index in [9.17, 15) is 4.57 Å². The van der Waals surface area contributed by atoms with Gasteiger partial charge in [-0.1, -0.05) is 30.3 Å². The molecule has 0 fully saturated rings. The van der Waals surface area contributed by atoms with Crippen molar-refractivity contribution in [2.45, 2.75) is 12.7 Å². The van der Waals surface area contributed by atoms with E-state index in [1.54, 1.807) is 0 Å². The molecule has 1 rings (SSSR count). The topological polar surface area (TPSA) is 100 Å². The van der Waals surface area contributed by atoms with Gasteiger partial charge in [-0.15, -0.1) is 4.67 Å². The average molecular weight is 291 g/mol. The van der Waals surface area contributed by atoms with Crippen LogP contribution < -0.4 is 5.90 Å². The molecule has 0 radical (unpaired) electrons. The van der Waals surface area contributed by atoms with Crippen molar-refractivity contribution in [2.75, 3.05) is 19.9 Å². The Labute approximate surface area is 111 Å². The summed E-state index contributed by atoms with van der Waals surface area (Å²) in [6, 6.07) is 9.51. The Morgan fingerprint density at radius 1 is 1.32 bits per heavy atom. The molecule has 0 bridgehead atoms. The van der Waals surface area contributed by atoms with Gasteiger partial charge in [-0.2, -0.15) is 0 Å². The van der Waals surface area contributed by atoms with E-state index in [1.165, 1.54) is 0 Å². The van der Waals surface area contributed by atoms with Crippen molar-refractivity contribution in [3.8, 4) is 0 Å². The van der Waals surface area contributed by atoms with E-state index in [-0.39, 0.29) is 13.2 Å². The van der Waals surface area contributed by atoms with Crippen molar-refractivity contribution < 1.29 is 28.6 Å². The molecular weight excluding hydrogens is 273 g/mol. The Hall–Kier alpha value is -0.790. The van der Waals surface area contributed by atoms with Gasteiger partial charge in [0.15, 0.2) is 0 Å². The van der Waals surface area contributed by atoms with Crippen LogP contribution >= 0.6 is 7.60 Å². The number of rotatable bonds is 9. The summed E-state index contributed by atoms with van der Waals surface area (Å²) in [4.78, 5) is 18.0. The molecular formula is C11H18NO6P. The van der Waals surface area contributed by atoms with Crippen LogP contribution in [0, 0.1) is 0 Å². The molecule has 2 unspecified atom stereocenters. The molecule has 0 saturated heterocycles. The monoisotopic (exact) mass is 291 g/mol. The highest BCUT2D eigenvalue weighted by atomic mass is 31.2. The summed E-state index contributed by atoms with van der Waals surface area (Å²) in [7, 11) is -3.67. The first-order valence-corrected chi connectivity index (χ1v) is 7.62. The van der Waals surface area contributed by atoms with Gasteiger partial charge in [0.2, 0.25) is 0 Å². The number of ether oxygens (including phenoxy) is 1. The SMILES string of the molecule is CP(=O)(O)OOCC(CON)OCc1ccccc1. The van der Waals surface area contributed by atoms with Gasteiger partial charge >= 0.3 is 7.60 Å². The highest BCUT2D eigenvalue weighted by Gasteiger charge is 2.15. The van der Waals surface area contributed by atoms with Crippen molar-refractivity contribution in [1.29, 1.82) is 0 Å². The molecule has 0 spiro atoms. The minimum absolute atomic E-state index is 0.0670. The summed E-state index contributed by atoms with van der Waals surface area (Å²) in [6.07, 6.45) is -0.503. The fraction of sp³-hybridized carbons (Fsp3) is 0.455. The predicted molar refractivity (Wildman–Crippen MR) is 67.9 cm³/mol. The summed E-state index contributed by atoms with van der Waals surface area (Å²) < 4.78 is 20.6. The van der Waals surface area contributed by atoms with Gasteiger partial charge in [0.05, 0.1) is 13.2 Å². The van der Waals surface area contributed by atoms with Crippen LogP contribution in [0.1, 0.15) is 5.56 Å². The highest BCUT2D eigenvalue weighted by molar-refractivity contribution is 7.51. The largest absolute Gasteiger partial charge is 0.369 e. The van der Waals surface area contributed by atoms with Crippen molar-refractivity contribution in [3.05, 3.63) is 35.9 Å². The van der Waals surface area contributed by atoms with E-state index < -0.39 is 13.7 Å². The third kappa shape index (κ3) is 8.07. The second kappa shape index (κ2) is 8.39. The van der Waals surface area contributed by atoms with Gasteiger partial charge in [0.1, 0.15) is 12.7 Å². The minimum Gasteiger partial charge on any atom is -0.369 e. The lowest BCUT2D eigenvalue weighted by Gasteiger charge is -2.16. The Balaban J connectivity index is 2.34. The third-order valence-corrected chi connectivity index (χ3v) is 2.44. The normalized spacial score (nSPS) is 15.9. The van der Waals surface area contributed by atoms with E-state index in [0.717, 1.165) is 12.2 Å². The van der Waals surface area contributed by atoms with Crippen LogP contribution in [-0.4, -0.2) is 30.9 Å². The van der Waals surface area contributed by atoms with E-state index >= 15 is 0 Å². The maximum absolute atomic E-state index is 10.8. The molecule has 108 valence electrons. The highest BCUT2D eigenvalue weighted by Crippen LogP contribution is 2.36. The molecule has 1 aromatic rings. The van der Waals surface area contributed by atoms with Crippen LogP contribution in [0.5, 0.6) is 0 Å².